The molecule has 2 N–H and O–H groups in total. The number of rotatable bonds is 5. The molecule has 0 saturated carbocycles. The molecule has 2 aliphatic heterocycles. The lowest BCUT2D eigenvalue weighted by molar-refractivity contribution is -0.193. The van der Waals surface area contributed by atoms with E-state index in [4.69, 9.17) is 29.0 Å². The highest BCUT2D eigenvalue weighted by Gasteiger charge is 2.39. The first-order valence-electron chi connectivity index (χ1n) is 11.3. The van der Waals surface area contributed by atoms with E-state index in [1.807, 2.05) is 31.4 Å². The largest absolute Gasteiger partial charge is 0.490 e. The van der Waals surface area contributed by atoms with Crippen molar-refractivity contribution in [3.05, 3.63) is 53.7 Å². The van der Waals surface area contributed by atoms with E-state index in [-0.39, 0.29) is 0 Å². The molecule has 0 aliphatic carbocycles. The minimum absolute atomic E-state index is 0.325. The van der Waals surface area contributed by atoms with Crippen LogP contribution < -0.4 is 0 Å². The lowest BCUT2D eigenvalue weighted by Crippen LogP contribution is -2.49. The van der Waals surface area contributed by atoms with E-state index in [2.05, 4.69) is 20.9 Å². The molecule has 212 valence electrons. The van der Waals surface area contributed by atoms with Crippen molar-refractivity contribution in [1.82, 2.24) is 14.8 Å². The summed E-state index contributed by atoms with van der Waals surface area (Å²) in [7, 11) is 0. The molecule has 9 nitrogen and oxygen atoms in total. The maximum atomic E-state index is 10.6. The summed E-state index contributed by atoms with van der Waals surface area (Å²) in [5.41, 5.74) is 3.34. The van der Waals surface area contributed by atoms with Crippen LogP contribution in [-0.4, -0.2) is 87.6 Å². The van der Waals surface area contributed by atoms with E-state index in [9.17, 15) is 26.3 Å². The van der Waals surface area contributed by atoms with Crippen LogP contribution >= 0.6 is 0 Å². The number of alkyl halides is 6. The normalized spacial score (nSPS) is 20.0. The number of halogens is 6. The number of ether oxygens (including phenoxy) is 1. The van der Waals surface area contributed by atoms with Gasteiger partial charge in [0.2, 0.25) is 0 Å². The van der Waals surface area contributed by atoms with Gasteiger partial charge in [-0.2, -0.15) is 26.3 Å². The van der Waals surface area contributed by atoms with Gasteiger partial charge in [-0.05, 0) is 31.5 Å². The molecular weight excluding hydrogens is 528 g/mol. The van der Waals surface area contributed by atoms with E-state index in [1.54, 1.807) is 6.26 Å². The summed E-state index contributed by atoms with van der Waals surface area (Å²) in [6.45, 7) is 8.04. The van der Waals surface area contributed by atoms with Crippen molar-refractivity contribution in [1.29, 1.82) is 0 Å². The number of hydrogen-bond acceptors (Lipinski definition) is 7. The summed E-state index contributed by atoms with van der Waals surface area (Å²) >= 11 is 0. The van der Waals surface area contributed by atoms with Crippen molar-refractivity contribution in [3.63, 3.8) is 0 Å². The average Bonchev–Trinajstić information content (AvgIpc) is 3.46. The highest BCUT2D eigenvalue weighted by molar-refractivity contribution is 5.73. The zero-order valence-corrected chi connectivity index (χ0v) is 20.2. The minimum atomic E-state index is -5.08. The monoisotopic (exact) mass is 555 g/mol. The number of pyridine rings is 1. The molecule has 0 amide bonds. The number of furan rings is 1. The number of aliphatic carboxylic acids is 2. The summed E-state index contributed by atoms with van der Waals surface area (Å²) in [6, 6.07) is 8.78. The molecule has 0 radical (unpaired) electrons. The number of fused-ring (bicyclic) bond motifs is 1. The molecule has 4 rings (SSSR count). The Kier molecular flexibility index (Phi) is 11.1. The minimum Gasteiger partial charge on any atom is -0.475 e. The summed E-state index contributed by atoms with van der Waals surface area (Å²) < 4.78 is 74.8. The van der Waals surface area contributed by atoms with Gasteiger partial charge in [0.15, 0.2) is 0 Å². The van der Waals surface area contributed by atoms with Gasteiger partial charge in [0, 0.05) is 50.0 Å². The summed E-state index contributed by atoms with van der Waals surface area (Å²) in [5.74, 6) is -5.51. The van der Waals surface area contributed by atoms with Crippen LogP contribution in [-0.2, 0) is 27.5 Å². The number of carboxylic acids is 2. The standard InChI is InChI=1S/C19H25N3O2.2C2HF3O2/c1-15-3-2-4-17(20-15)14-24-19-9-18-11-21(6-7-22(18)12-19)10-16-5-8-23-13-16;2*3-2(4,5)1(6)7/h2-5,8,13,18-19H,6-7,9-12,14H2,1H3;2*(H,6,7). The Morgan fingerprint density at radius 3 is 2.21 bits per heavy atom. The van der Waals surface area contributed by atoms with Crippen LogP contribution in [0.3, 0.4) is 0 Å². The van der Waals surface area contributed by atoms with E-state index >= 15 is 0 Å². The molecule has 0 spiro atoms. The first kappa shape index (κ1) is 31.1. The molecule has 2 unspecified atom stereocenters. The molecule has 2 aliphatic rings. The van der Waals surface area contributed by atoms with Crippen LogP contribution in [0, 0.1) is 6.92 Å². The second-order valence-electron chi connectivity index (χ2n) is 8.56. The number of carbonyl (C=O) groups is 2. The smallest absolute Gasteiger partial charge is 0.475 e. The highest BCUT2D eigenvalue weighted by Crippen LogP contribution is 2.25. The van der Waals surface area contributed by atoms with Gasteiger partial charge in [-0.3, -0.25) is 14.8 Å². The lowest BCUT2D eigenvalue weighted by Gasteiger charge is -2.37. The molecule has 2 aromatic heterocycles. The molecule has 2 saturated heterocycles. The molecule has 38 heavy (non-hydrogen) atoms. The Morgan fingerprint density at radius 1 is 1.05 bits per heavy atom. The second kappa shape index (κ2) is 13.6. The fourth-order valence-electron chi connectivity index (χ4n) is 3.85. The quantitative estimate of drug-likeness (QED) is 0.533. The molecule has 0 bridgehead atoms. The molecule has 0 aromatic carbocycles. The number of aromatic nitrogens is 1. The summed E-state index contributed by atoms with van der Waals surface area (Å²) in [6.07, 6.45) is -5.12. The lowest BCUT2D eigenvalue weighted by atomic mass is 10.1. The van der Waals surface area contributed by atoms with Gasteiger partial charge in [-0.25, -0.2) is 9.59 Å². The van der Waals surface area contributed by atoms with Crippen molar-refractivity contribution < 1.29 is 55.3 Å². The highest BCUT2D eigenvalue weighted by atomic mass is 19.4. The Balaban J connectivity index is 0.000000301. The first-order valence-corrected chi connectivity index (χ1v) is 11.3. The van der Waals surface area contributed by atoms with E-state index < -0.39 is 24.3 Å². The topological polar surface area (TPSA) is 116 Å². The maximum Gasteiger partial charge on any atom is 0.490 e. The van der Waals surface area contributed by atoms with E-state index in [1.165, 1.54) is 5.56 Å². The number of nitrogens with zero attached hydrogens (tertiary/aromatic N) is 3. The predicted octanol–water partition coefficient (Wildman–Crippen LogP) is 3.72. The zero-order valence-electron chi connectivity index (χ0n) is 20.2. The van der Waals surface area contributed by atoms with Crippen LogP contribution in [0.4, 0.5) is 26.3 Å². The number of hydrogen-bond donors (Lipinski definition) is 2. The molecule has 2 aromatic rings. The van der Waals surface area contributed by atoms with Gasteiger partial charge in [0.1, 0.15) is 0 Å². The summed E-state index contributed by atoms with van der Waals surface area (Å²) in [4.78, 5) is 27.4. The van der Waals surface area contributed by atoms with E-state index in [0.29, 0.717) is 18.8 Å². The molecule has 2 atom stereocenters. The number of aryl methyl sites for hydroxylation is 1. The fraction of sp³-hybridized carbons (Fsp3) is 0.522. The maximum absolute atomic E-state index is 10.6. The Labute approximate surface area is 213 Å². The van der Waals surface area contributed by atoms with Crippen molar-refractivity contribution in [2.45, 2.75) is 51.0 Å². The van der Waals surface area contributed by atoms with E-state index in [0.717, 1.165) is 50.5 Å². The predicted molar refractivity (Wildman–Crippen MR) is 119 cm³/mol. The number of piperazine rings is 1. The molecule has 4 heterocycles. The first-order chi connectivity index (χ1) is 17.6. The Morgan fingerprint density at radius 2 is 1.68 bits per heavy atom. The zero-order chi connectivity index (χ0) is 28.5. The van der Waals surface area contributed by atoms with Gasteiger partial charge in [0.25, 0.3) is 0 Å². The van der Waals surface area contributed by atoms with Crippen molar-refractivity contribution in [2.75, 3.05) is 26.2 Å². The van der Waals surface area contributed by atoms with Crippen molar-refractivity contribution in [2.24, 2.45) is 0 Å². The van der Waals surface area contributed by atoms with Crippen LogP contribution in [0.25, 0.3) is 0 Å². The van der Waals surface area contributed by atoms with Gasteiger partial charge in [-0.1, -0.05) is 6.07 Å². The van der Waals surface area contributed by atoms with Gasteiger partial charge < -0.3 is 19.4 Å². The average molecular weight is 555 g/mol. The molecule has 2 fully saturated rings. The van der Waals surface area contributed by atoms with Crippen molar-refractivity contribution in [3.8, 4) is 0 Å². The fourth-order valence-corrected chi connectivity index (χ4v) is 3.85. The van der Waals surface area contributed by atoms with Crippen LogP contribution in [0.15, 0.2) is 41.2 Å². The third-order valence-corrected chi connectivity index (χ3v) is 5.55. The second-order valence-corrected chi connectivity index (χ2v) is 8.56. The Bertz CT molecular complexity index is 1010. The number of carboxylic acid groups (broad SMARTS) is 2. The van der Waals surface area contributed by atoms with Gasteiger partial charge >= 0.3 is 24.3 Å². The summed E-state index contributed by atoms with van der Waals surface area (Å²) in [5, 5.41) is 14.2. The van der Waals surface area contributed by atoms with Crippen LogP contribution in [0.1, 0.15) is 23.4 Å². The third-order valence-electron chi connectivity index (χ3n) is 5.55. The van der Waals surface area contributed by atoms with Crippen LogP contribution in [0.5, 0.6) is 0 Å². The van der Waals surface area contributed by atoms with Crippen LogP contribution in [0.2, 0.25) is 0 Å². The van der Waals surface area contributed by atoms with Crippen molar-refractivity contribution >= 4 is 11.9 Å². The van der Waals surface area contributed by atoms with Gasteiger partial charge in [0.05, 0.1) is 30.9 Å². The SMILES string of the molecule is Cc1cccc(COC2CC3CN(Cc4ccoc4)CCN3C2)n1.O=C(O)C(F)(F)F.O=C(O)C(F)(F)F. The van der Waals surface area contributed by atoms with Gasteiger partial charge in [-0.15, -0.1) is 0 Å². The molecular formula is C23H27F6N3O6. The Hall–Kier alpha value is -3.17. The molecule has 15 heteroatoms. The third kappa shape index (κ3) is 10.7.